The summed E-state index contributed by atoms with van der Waals surface area (Å²) < 4.78 is 4.84. The summed E-state index contributed by atoms with van der Waals surface area (Å²) in [6.07, 6.45) is 1.04. The van der Waals surface area contributed by atoms with Crippen LogP contribution in [0.4, 0.5) is 11.5 Å². The molecule has 0 aliphatic carbocycles. The largest absolute Gasteiger partial charge is 0.396 e. The summed E-state index contributed by atoms with van der Waals surface area (Å²) in [7, 11) is 1.46. The molecule has 1 heterocycles. The van der Waals surface area contributed by atoms with Gasteiger partial charge in [-0.2, -0.15) is 0 Å². The van der Waals surface area contributed by atoms with Gasteiger partial charge in [-0.3, -0.25) is 4.79 Å². The van der Waals surface area contributed by atoms with Gasteiger partial charge in [-0.25, -0.2) is 4.98 Å². The zero-order chi connectivity index (χ0) is 10.6. The molecular formula is C9H13N3O2. The van der Waals surface area contributed by atoms with Crippen LogP contribution in [0.1, 0.15) is 6.92 Å². The number of hydrogen-bond donors (Lipinski definition) is 2. The molecule has 5 nitrogen and oxygen atoms in total. The summed E-state index contributed by atoms with van der Waals surface area (Å²) in [6.45, 7) is 1.65. The zero-order valence-corrected chi connectivity index (χ0v) is 8.15. The molecule has 0 saturated carbocycles. The van der Waals surface area contributed by atoms with Gasteiger partial charge in [0.1, 0.15) is 6.10 Å². The number of carbonyl (C=O) groups excluding carboxylic acids is 1. The van der Waals surface area contributed by atoms with Crippen molar-refractivity contribution in [2.24, 2.45) is 0 Å². The number of nitrogens with zero attached hydrogens (tertiary/aromatic N) is 1. The molecule has 0 radical (unpaired) electrons. The van der Waals surface area contributed by atoms with Crippen molar-refractivity contribution < 1.29 is 9.53 Å². The van der Waals surface area contributed by atoms with Gasteiger partial charge < -0.3 is 15.8 Å². The Kier molecular flexibility index (Phi) is 3.41. The molecule has 0 aromatic carbocycles. The Balaban J connectivity index is 2.70. The summed E-state index contributed by atoms with van der Waals surface area (Å²) in [4.78, 5) is 15.3. The minimum atomic E-state index is -0.517. The fourth-order valence-electron chi connectivity index (χ4n) is 0.848. The van der Waals surface area contributed by atoms with Crippen molar-refractivity contribution in [3.63, 3.8) is 0 Å². The summed E-state index contributed by atoms with van der Waals surface area (Å²) in [5.74, 6) is 0.0966. The van der Waals surface area contributed by atoms with Crippen LogP contribution in [0.2, 0.25) is 0 Å². The van der Waals surface area contributed by atoms with Gasteiger partial charge in [0.2, 0.25) is 0 Å². The smallest absolute Gasteiger partial charge is 0.254 e. The number of pyridine rings is 1. The molecule has 1 aromatic heterocycles. The first-order chi connectivity index (χ1) is 6.65. The van der Waals surface area contributed by atoms with Crippen molar-refractivity contribution in [3.05, 3.63) is 18.3 Å². The van der Waals surface area contributed by atoms with Crippen LogP contribution < -0.4 is 11.1 Å². The van der Waals surface area contributed by atoms with E-state index in [1.165, 1.54) is 7.11 Å². The molecule has 14 heavy (non-hydrogen) atoms. The van der Waals surface area contributed by atoms with Crippen molar-refractivity contribution in [1.82, 2.24) is 4.98 Å². The maximum absolute atomic E-state index is 11.4. The Morgan fingerprint density at radius 2 is 2.43 bits per heavy atom. The fraction of sp³-hybridized carbons (Fsp3) is 0.333. The average Bonchev–Trinajstić information content (AvgIpc) is 2.20. The minimum Gasteiger partial charge on any atom is -0.396 e. The summed E-state index contributed by atoms with van der Waals surface area (Å²) >= 11 is 0. The highest BCUT2D eigenvalue weighted by Gasteiger charge is 2.12. The molecule has 0 spiro atoms. The van der Waals surface area contributed by atoms with Crippen LogP contribution in [0.3, 0.4) is 0 Å². The molecule has 1 atom stereocenters. The van der Waals surface area contributed by atoms with Crippen LogP contribution in [-0.4, -0.2) is 24.1 Å². The number of aromatic nitrogens is 1. The molecule has 3 N–H and O–H groups in total. The molecule has 5 heteroatoms. The second-order valence-corrected chi connectivity index (χ2v) is 2.81. The topological polar surface area (TPSA) is 77.2 Å². The molecule has 0 fully saturated rings. The van der Waals surface area contributed by atoms with Crippen LogP contribution in [0.25, 0.3) is 0 Å². The average molecular weight is 195 g/mol. The van der Waals surface area contributed by atoms with Crippen molar-refractivity contribution in [3.8, 4) is 0 Å². The number of nitrogens with two attached hydrogens (primary N) is 1. The third-order valence-corrected chi connectivity index (χ3v) is 1.80. The highest BCUT2D eigenvalue weighted by molar-refractivity contribution is 5.95. The summed E-state index contributed by atoms with van der Waals surface area (Å²) in [5, 5.41) is 2.56. The van der Waals surface area contributed by atoms with Gasteiger partial charge in [-0.05, 0) is 19.1 Å². The van der Waals surface area contributed by atoms with E-state index in [9.17, 15) is 4.79 Å². The predicted octanol–water partition coefficient (Wildman–Crippen LogP) is 0.637. The lowest BCUT2D eigenvalue weighted by atomic mass is 10.3. The van der Waals surface area contributed by atoms with Gasteiger partial charge in [-0.15, -0.1) is 0 Å². The van der Waals surface area contributed by atoms with Gasteiger partial charge in [-0.1, -0.05) is 0 Å². The van der Waals surface area contributed by atoms with Crippen LogP contribution in [0.15, 0.2) is 18.3 Å². The van der Waals surface area contributed by atoms with Crippen LogP contribution >= 0.6 is 0 Å². The van der Waals surface area contributed by atoms with E-state index in [-0.39, 0.29) is 5.91 Å². The normalized spacial score (nSPS) is 12.1. The maximum Gasteiger partial charge on any atom is 0.254 e. The van der Waals surface area contributed by atoms with Crippen LogP contribution in [-0.2, 0) is 9.53 Å². The van der Waals surface area contributed by atoms with Gasteiger partial charge in [0.05, 0.1) is 5.69 Å². The van der Waals surface area contributed by atoms with E-state index in [0.29, 0.717) is 11.5 Å². The molecule has 76 valence electrons. The lowest BCUT2D eigenvalue weighted by Crippen LogP contribution is -2.27. The van der Waals surface area contributed by atoms with E-state index < -0.39 is 6.10 Å². The van der Waals surface area contributed by atoms with Crippen LogP contribution in [0, 0.1) is 0 Å². The molecule has 1 rings (SSSR count). The van der Waals surface area contributed by atoms with Gasteiger partial charge in [0.15, 0.2) is 5.82 Å². The SMILES string of the molecule is COC(C)C(=O)Nc1ncccc1N. The summed E-state index contributed by atoms with van der Waals surface area (Å²) in [6, 6.07) is 3.37. The Labute approximate surface area is 82.3 Å². The van der Waals surface area contributed by atoms with E-state index >= 15 is 0 Å². The Bertz CT molecular complexity index is 328. The number of nitrogen functional groups attached to an aromatic ring is 1. The lowest BCUT2D eigenvalue weighted by molar-refractivity contribution is -0.124. The first kappa shape index (κ1) is 10.5. The quantitative estimate of drug-likeness (QED) is 0.741. The fourth-order valence-corrected chi connectivity index (χ4v) is 0.848. The molecule has 0 saturated heterocycles. The zero-order valence-electron chi connectivity index (χ0n) is 8.15. The molecule has 1 aromatic rings. The minimum absolute atomic E-state index is 0.266. The number of anilines is 2. The van der Waals surface area contributed by atoms with E-state index in [1.807, 2.05) is 0 Å². The maximum atomic E-state index is 11.4. The van der Waals surface area contributed by atoms with Crippen molar-refractivity contribution in [1.29, 1.82) is 0 Å². The second kappa shape index (κ2) is 4.57. The highest BCUT2D eigenvalue weighted by Crippen LogP contribution is 2.13. The third-order valence-electron chi connectivity index (χ3n) is 1.80. The van der Waals surface area contributed by atoms with Gasteiger partial charge >= 0.3 is 0 Å². The van der Waals surface area contributed by atoms with Crippen LogP contribution in [0.5, 0.6) is 0 Å². The highest BCUT2D eigenvalue weighted by atomic mass is 16.5. The molecule has 0 aliphatic heterocycles. The molecular weight excluding hydrogens is 182 g/mol. The van der Waals surface area contributed by atoms with E-state index in [1.54, 1.807) is 25.3 Å². The van der Waals surface area contributed by atoms with Gasteiger partial charge in [0, 0.05) is 13.3 Å². The number of methoxy groups -OCH3 is 1. The van der Waals surface area contributed by atoms with E-state index in [0.717, 1.165) is 0 Å². The first-order valence-electron chi connectivity index (χ1n) is 4.19. The number of ether oxygens (including phenoxy) is 1. The first-order valence-corrected chi connectivity index (χ1v) is 4.19. The van der Waals surface area contributed by atoms with Crippen molar-refractivity contribution in [2.75, 3.05) is 18.2 Å². The summed E-state index contributed by atoms with van der Waals surface area (Å²) in [5.41, 5.74) is 6.03. The van der Waals surface area contributed by atoms with Gasteiger partial charge in [0.25, 0.3) is 5.91 Å². The van der Waals surface area contributed by atoms with Crippen molar-refractivity contribution in [2.45, 2.75) is 13.0 Å². The number of nitrogens with one attached hydrogen (secondary N) is 1. The molecule has 1 unspecified atom stereocenters. The lowest BCUT2D eigenvalue weighted by Gasteiger charge is -2.10. The number of hydrogen-bond acceptors (Lipinski definition) is 4. The second-order valence-electron chi connectivity index (χ2n) is 2.81. The van der Waals surface area contributed by atoms with Crippen molar-refractivity contribution >= 4 is 17.4 Å². The Morgan fingerprint density at radius 3 is 3.00 bits per heavy atom. The molecule has 0 aliphatic rings. The number of rotatable bonds is 3. The Morgan fingerprint density at radius 1 is 1.71 bits per heavy atom. The number of carbonyl (C=O) groups is 1. The molecule has 1 amide bonds. The van der Waals surface area contributed by atoms with E-state index in [2.05, 4.69) is 10.3 Å². The predicted molar refractivity (Wildman–Crippen MR) is 53.8 cm³/mol. The Hall–Kier alpha value is -1.62. The van der Waals surface area contributed by atoms with E-state index in [4.69, 9.17) is 10.5 Å². The third kappa shape index (κ3) is 2.43. The number of amides is 1. The monoisotopic (exact) mass is 195 g/mol. The standard InChI is InChI=1S/C9H13N3O2/c1-6(14-2)9(13)12-8-7(10)4-3-5-11-8/h3-6H,10H2,1-2H3,(H,11,12,13). The molecule has 0 bridgehead atoms.